The summed E-state index contributed by atoms with van der Waals surface area (Å²) in [7, 11) is -0.504. The zero-order valence-corrected chi connectivity index (χ0v) is 21.3. The van der Waals surface area contributed by atoms with Gasteiger partial charge in [-0.3, -0.25) is 4.79 Å². The summed E-state index contributed by atoms with van der Waals surface area (Å²) in [4.78, 5) is 13.2. The Morgan fingerprint density at radius 3 is 1.74 bits per heavy atom. The van der Waals surface area contributed by atoms with Crippen molar-refractivity contribution in [2.75, 3.05) is 5.49 Å². The lowest BCUT2D eigenvalue weighted by molar-refractivity contribution is -0.114. The van der Waals surface area contributed by atoms with Gasteiger partial charge < -0.3 is 0 Å². The van der Waals surface area contributed by atoms with Gasteiger partial charge in [0, 0.05) is 11.4 Å². The van der Waals surface area contributed by atoms with Crippen LogP contribution >= 0.6 is 19.7 Å². The van der Waals surface area contributed by atoms with E-state index in [9.17, 15) is 4.79 Å². The second kappa shape index (κ2) is 16.5. The normalized spacial score (nSPS) is 12.2. The molecule has 0 spiro atoms. The van der Waals surface area contributed by atoms with E-state index in [2.05, 4.69) is 74.5 Å². The minimum absolute atomic E-state index is 0.240. The molecule has 3 heteroatoms. The Bertz CT molecular complexity index is 664. The number of hydrogen-bond donors (Lipinski definition) is 0. The van der Waals surface area contributed by atoms with E-state index in [1.54, 1.807) is 11.8 Å². The number of rotatable bonds is 16. The van der Waals surface area contributed by atoms with Gasteiger partial charge in [-0.05, 0) is 31.4 Å². The largest absolute Gasteiger partial charge is 0.287 e. The molecule has 2 rings (SSSR count). The molecular formula is C28H41OPS. The van der Waals surface area contributed by atoms with Crippen LogP contribution in [0.5, 0.6) is 0 Å². The van der Waals surface area contributed by atoms with E-state index in [-0.39, 0.29) is 5.92 Å². The summed E-state index contributed by atoms with van der Waals surface area (Å²) in [6.45, 7) is 4.50. The van der Waals surface area contributed by atoms with E-state index in [0.29, 0.717) is 5.12 Å². The predicted octanol–water partition coefficient (Wildman–Crippen LogP) is 8.28. The standard InChI is InChI=1S/C28H41OPS/c1-3-5-7-8-9-10-13-19-25(18-6-4-2)28(29)31-24-30(26-20-14-11-15-21-26)27-22-16-12-17-23-27/h11-12,14-17,20-23,25H,3-10,13,18-19,24H2,1-2H3. The summed E-state index contributed by atoms with van der Waals surface area (Å²) in [5.41, 5.74) is 0.891. The first-order chi connectivity index (χ1) is 15.3. The first kappa shape index (κ1) is 26.1. The summed E-state index contributed by atoms with van der Waals surface area (Å²) in [6.07, 6.45) is 13.7. The lowest BCUT2D eigenvalue weighted by Gasteiger charge is -2.20. The Kier molecular flexibility index (Phi) is 13.9. The highest BCUT2D eigenvalue weighted by Gasteiger charge is 2.21. The maximum atomic E-state index is 13.2. The van der Waals surface area contributed by atoms with E-state index < -0.39 is 7.92 Å². The third kappa shape index (κ3) is 10.4. The minimum atomic E-state index is -0.504. The van der Waals surface area contributed by atoms with Crippen molar-refractivity contribution >= 4 is 35.4 Å². The van der Waals surface area contributed by atoms with Crippen molar-refractivity contribution < 1.29 is 4.79 Å². The summed E-state index contributed by atoms with van der Waals surface area (Å²) in [6, 6.07) is 21.5. The van der Waals surface area contributed by atoms with Gasteiger partial charge in [0.25, 0.3) is 0 Å². The lowest BCUT2D eigenvalue weighted by Crippen LogP contribution is -2.16. The lowest BCUT2D eigenvalue weighted by atomic mass is 9.96. The second-order valence-electron chi connectivity index (χ2n) is 8.44. The first-order valence-corrected chi connectivity index (χ1v) is 14.8. The molecule has 0 fully saturated rings. The van der Waals surface area contributed by atoms with Crippen LogP contribution < -0.4 is 10.6 Å². The average molecular weight is 457 g/mol. The Balaban J connectivity index is 1.90. The number of benzene rings is 2. The fourth-order valence-electron chi connectivity index (χ4n) is 3.94. The summed E-state index contributed by atoms with van der Waals surface area (Å²) < 4.78 is 0. The van der Waals surface area contributed by atoms with E-state index >= 15 is 0 Å². The number of unbranched alkanes of at least 4 members (excludes halogenated alkanes) is 7. The highest BCUT2D eigenvalue weighted by molar-refractivity contribution is 8.18. The van der Waals surface area contributed by atoms with Crippen LogP contribution in [-0.2, 0) is 4.79 Å². The fourth-order valence-corrected chi connectivity index (χ4v) is 7.99. The highest BCUT2D eigenvalue weighted by atomic mass is 32.2. The Morgan fingerprint density at radius 2 is 1.19 bits per heavy atom. The minimum Gasteiger partial charge on any atom is -0.287 e. The summed E-state index contributed by atoms with van der Waals surface area (Å²) in [5.74, 6) is 0.240. The maximum Gasteiger partial charge on any atom is 0.192 e. The van der Waals surface area contributed by atoms with Gasteiger partial charge in [-0.15, -0.1) is 0 Å². The number of carbonyl (C=O) groups excluding carboxylic acids is 1. The summed E-state index contributed by atoms with van der Waals surface area (Å²) >= 11 is 1.60. The number of carbonyl (C=O) groups is 1. The van der Waals surface area contributed by atoms with Crippen LogP contribution in [0.15, 0.2) is 60.7 Å². The third-order valence-corrected chi connectivity index (χ3v) is 9.88. The molecule has 0 aliphatic carbocycles. The molecule has 2 aromatic carbocycles. The predicted molar refractivity (Wildman–Crippen MR) is 142 cm³/mol. The molecule has 1 atom stereocenters. The van der Waals surface area contributed by atoms with Gasteiger partial charge in [0.2, 0.25) is 0 Å². The zero-order chi connectivity index (χ0) is 22.2. The number of thioether (sulfide) groups is 1. The van der Waals surface area contributed by atoms with Crippen molar-refractivity contribution in [3.05, 3.63) is 60.7 Å². The van der Waals surface area contributed by atoms with Crippen LogP contribution in [-0.4, -0.2) is 10.6 Å². The summed E-state index contributed by atoms with van der Waals surface area (Å²) in [5, 5.41) is 3.15. The van der Waals surface area contributed by atoms with Crippen LogP contribution in [0.2, 0.25) is 0 Å². The SMILES string of the molecule is CCCCCCCCCC(CCCC)C(=O)SCP(c1ccccc1)c1ccccc1. The van der Waals surface area contributed by atoms with E-state index in [1.165, 1.54) is 68.4 Å². The molecule has 0 bridgehead atoms. The zero-order valence-electron chi connectivity index (χ0n) is 19.6. The fraction of sp³-hybridized carbons (Fsp3) is 0.536. The van der Waals surface area contributed by atoms with Crippen molar-refractivity contribution in [1.82, 2.24) is 0 Å². The number of hydrogen-bond acceptors (Lipinski definition) is 2. The van der Waals surface area contributed by atoms with Gasteiger partial charge in [0.1, 0.15) is 0 Å². The molecule has 0 aliphatic heterocycles. The second-order valence-corrected chi connectivity index (χ2v) is 12.1. The Morgan fingerprint density at radius 1 is 0.710 bits per heavy atom. The monoisotopic (exact) mass is 456 g/mol. The van der Waals surface area contributed by atoms with Crippen LogP contribution in [0.3, 0.4) is 0 Å². The van der Waals surface area contributed by atoms with Gasteiger partial charge in [0.05, 0.1) is 0 Å². The van der Waals surface area contributed by atoms with Crippen molar-refractivity contribution in [3.8, 4) is 0 Å². The maximum absolute atomic E-state index is 13.2. The smallest absolute Gasteiger partial charge is 0.192 e. The van der Waals surface area contributed by atoms with Crippen LogP contribution in [0.25, 0.3) is 0 Å². The van der Waals surface area contributed by atoms with Gasteiger partial charge in [-0.2, -0.15) is 0 Å². The van der Waals surface area contributed by atoms with Crippen molar-refractivity contribution in [3.63, 3.8) is 0 Å². The van der Waals surface area contributed by atoms with Crippen molar-refractivity contribution in [1.29, 1.82) is 0 Å². The molecule has 0 radical (unpaired) electrons. The van der Waals surface area contributed by atoms with Crippen molar-refractivity contribution in [2.24, 2.45) is 5.92 Å². The average Bonchev–Trinajstić information content (AvgIpc) is 2.82. The molecule has 0 aliphatic rings. The van der Waals surface area contributed by atoms with Gasteiger partial charge in [-0.1, -0.05) is 144 Å². The van der Waals surface area contributed by atoms with E-state index in [0.717, 1.165) is 18.3 Å². The molecule has 1 unspecified atom stereocenters. The van der Waals surface area contributed by atoms with Crippen LogP contribution in [0.4, 0.5) is 0 Å². The highest BCUT2D eigenvalue weighted by Crippen LogP contribution is 2.39. The van der Waals surface area contributed by atoms with Gasteiger partial charge in [0.15, 0.2) is 5.12 Å². The molecule has 31 heavy (non-hydrogen) atoms. The third-order valence-electron chi connectivity index (χ3n) is 5.87. The van der Waals surface area contributed by atoms with Crippen molar-refractivity contribution in [2.45, 2.75) is 84.5 Å². The molecule has 0 saturated heterocycles. The molecule has 0 aromatic heterocycles. The quantitative estimate of drug-likeness (QED) is 0.187. The Hall–Kier alpha value is -1.11. The molecule has 1 nitrogen and oxygen atoms in total. The molecule has 0 N–H and O–H groups in total. The van der Waals surface area contributed by atoms with Crippen LogP contribution in [0, 0.1) is 5.92 Å². The molecule has 0 heterocycles. The van der Waals surface area contributed by atoms with Crippen LogP contribution in [0.1, 0.15) is 84.5 Å². The topological polar surface area (TPSA) is 17.1 Å². The molecular weight excluding hydrogens is 415 g/mol. The first-order valence-electron chi connectivity index (χ1n) is 12.3. The van der Waals surface area contributed by atoms with Gasteiger partial charge in [-0.25, -0.2) is 0 Å². The van der Waals surface area contributed by atoms with Gasteiger partial charge >= 0.3 is 0 Å². The van der Waals surface area contributed by atoms with E-state index in [1.807, 2.05) is 0 Å². The molecule has 2 aromatic rings. The molecule has 0 saturated carbocycles. The van der Waals surface area contributed by atoms with E-state index in [4.69, 9.17) is 0 Å². The molecule has 0 amide bonds. The Labute approximate surface area is 196 Å². The molecule has 170 valence electrons.